The summed E-state index contributed by atoms with van der Waals surface area (Å²) < 4.78 is 10.7. The molecule has 1 aliphatic rings. The Morgan fingerprint density at radius 1 is 1.12 bits per heavy atom. The minimum absolute atomic E-state index is 0.0177. The number of hydrogen-bond acceptors (Lipinski definition) is 7. The molecular formula is C22H23N5O5. The molecule has 0 saturated carbocycles. The van der Waals surface area contributed by atoms with Crippen LogP contribution in [0.15, 0.2) is 53.7 Å². The van der Waals surface area contributed by atoms with Crippen molar-refractivity contribution in [2.75, 3.05) is 13.7 Å². The number of methoxy groups -OCH3 is 1. The first-order chi connectivity index (χ1) is 15.5. The molecule has 0 bridgehead atoms. The lowest BCUT2D eigenvalue weighted by Gasteiger charge is -2.38. The van der Waals surface area contributed by atoms with Crippen LogP contribution in [-0.4, -0.2) is 62.6 Å². The van der Waals surface area contributed by atoms with Crippen molar-refractivity contribution >= 4 is 11.9 Å². The van der Waals surface area contributed by atoms with Gasteiger partial charge in [-0.2, -0.15) is 15.0 Å². The monoisotopic (exact) mass is 437 g/mol. The van der Waals surface area contributed by atoms with Crippen molar-refractivity contribution in [2.24, 2.45) is 0 Å². The van der Waals surface area contributed by atoms with Crippen LogP contribution in [0.25, 0.3) is 5.69 Å². The molecule has 1 saturated heterocycles. The average molecular weight is 437 g/mol. The molecule has 166 valence electrons. The molecule has 3 aromatic rings. The van der Waals surface area contributed by atoms with Gasteiger partial charge in [-0.1, -0.05) is 12.1 Å². The molecule has 1 N–H and O–H groups in total. The Labute approximate surface area is 183 Å². The van der Waals surface area contributed by atoms with Crippen molar-refractivity contribution in [3.8, 4) is 11.6 Å². The number of benzene rings is 1. The lowest BCUT2D eigenvalue weighted by atomic mass is 9.99. The summed E-state index contributed by atoms with van der Waals surface area (Å²) in [6, 6.07) is 8.35. The molecule has 10 nitrogen and oxygen atoms in total. The SMILES string of the molecule is COC(=O)c1c(O[C@@H]2CC[C@@H](C)N(C(=O)c3ccccc3-n3nccn3)C2)[nH]ccc1=O. The van der Waals surface area contributed by atoms with E-state index in [0.29, 0.717) is 30.6 Å². The zero-order valence-corrected chi connectivity index (χ0v) is 17.7. The summed E-state index contributed by atoms with van der Waals surface area (Å²) >= 11 is 0. The van der Waals surface area contributed by atoms with Gasteiger partial charge in [-0.3, -0.25) is 9.59 Å². The summed E-state index contributed by atoms with van der Waals surface area (Å²) in [6.07, 6.45) is 5.45. The largest absolute Gasteiger partial charge is 0.473 e. The van der Waals surface area contributed by atoms with Crippen molar-refractivity contribution in [2.45, 2.75) is 31.9 Å². The quantitative estimate of drug-likeness (QED) is 0.605. The Bertz CT molecular complexity index is 1170. The molecule has 1 fully saturated rings. The van der Waals surface area contributed by atoms with Crippen molar-refractivity contribution in [3.63, 3.8) is 0 Å². The highest BCUT2D eigenvalue weighted by Crippen LogP contribution is 2.25. The average Bonchev–Trinajstić information content (AvgIpc) is 3.34. The summed E-state index contributed by atoms with van der Waals surface area (Å²) in [6.45, 7) is 2.27. The van der Waals surface area contributed by atoms with Gasteiger partial charge >= 0.3 is 5.97 Å². The Morgan fingerprint density at radius 3 is 2.62 bits per heavy atom. The minimum Gasteiger partial charge on any atom is -0.473 e. The number of likely N-dealkylation sites (tertiary alicyclic amines) is 1. The number of hydrogen-bond donors (Lipinski definition) is 1. The van der Waals surface area contributed by atoms with Crippen LogP contribution in [0.3, 0.4) is 0 Å². The van der Waals surface area contributed by atoms with E-state index in [1.165, 1.54) is 24.2 Å². The molecule has 4 rings (SSSR count). The van der Waals surface area contributed by atoms with Crippen molar-refractivity contribution in [3.05, 3.63) is 70.3 Å². The number of aromatic nitrogens is 4. The highest BCUT2D eigenvalue weighted by molar-refractivity contribution is 5.98. The third-order valence-electron chi connectivity index (χ3n) is 5.46. The second-order valence-electron chi connectivity index (χ2n) is 7.50. The number of amides is 1. The summed E-state index contributed by atoms with van der Waals surface area (Å²) in [5.41, 5.74) is 0.364. The van der Waals surface area contributed by atoms with E-state index in [1.54, 1.807) is 35.5 Å². The maximum absolute atomic E-state index is 13.5. The lowest BCUT2D eigenvalue weighted by Crippen LogP contribution is -2.49. The van der Waals surface area contributed by atoms with Gasteiger partial charge in [-0.05, 0) is 31.9 Å². The van der Waals surface area contributed by atoms with Gasteiger partial charge in [0.2, 0.25) is 5.88 Å². The molecule has 0 unspecified atom stereocenters. The second kappa shape index (κ2) is 9.04. The van der Waals surface area contributed by atoms with Crippen LogP contribution in [0, 0.1) is 0 Å². The Kier molecular flexibility index (Phi) is 6.02. The molecule has 2 atom stereocenters. The van der Waals surface area contributed by atoms with Gasteiger partial charge in [0.25, 0.3) is 5.91 Å². The predicted octanol–water partition coefficient (Wildman–Crippen LogP) is 1.81. The number of pyridine rings is 1. The molecule has 0 aliphatic carbocycles. The van der Waals surface area contributed by atoms with Crippen LogP contribution < -0.4 is 10.2 Å². The Hall–Kier alpha value is -3.95. The number of piperidine rings is 1. The van der Waals surface area contributed by atoms with Crippen molar-refractivity contribution in [1.29, 1.82) is 0 Å². The van der Waals surface area contributed by atoms with Crippen LogP contribution >= 0.6 is 0 Å². The highest BCUT2D eigenvalue weighted by Gasteiger charge is 2.33. The van der Waals surface area contributed by atoms with Gasteiger partial charge in [0, 0.05) is 18.3 Å². The molecule has 32 heavy (non-hydrogen) atoms. The molecule has 1 aromatic carbocycles. The molecule has 2 aromatic heterocycles. The number of para-hydroxylation sites is 1. The fraction of sp³-hybridized carbons (Fsp3) is 0.318. The highest BCUT2D eigenvalue weighted by atomic mass is 16.5. The van der Waals surface area contributed by atoms with Crippen LogP contribution in [0.2, 0.25) is 0 Å². The van der Waals surface area contributed by atoms with Crippen molar-refractivity contribution in [1.82, 2.24) is 24.9 Å². The van der Waals surface area contributed by atoms with Gasteiger partial charge in [-0.25, -0.2) is 4.79 Å². The third-order valence-corrected chi connectivity index (χ3v) is 5.46. The van der Waals surface area contributed by atoms with Crippen LogP contribution in [0.5, 0.6) is 5.88 Å². The van der Waals surface area contributed by atoms with E-state index in [2.05, 4.69) is 15.2 Å². The van der Waals surface area contributed by atoms with Gasteiger partial charge in [-0.15, -0.1) is 0 Å². The molecule has 1 amide bonds. The number of nitrogens with one attached hydrogen (secondary N) is 1. The predicted molar refractivity (Wildman–Crippen MR) is 114 cm³/mol. The number of rotatable bonds is 5. The molecule has 1 aliphatic heterocycles. The summed E-state index contributed by atoms with van der Waals surface area (Å²) in [7, 11) is 1.20. The van der Waals surface area contributed by atoms with Gasteiger partial charge < -0.3 is 19.4 Å². The molecule has 3 heterocycles. The first kappa shape index (κ1) is 21.3. The van der Waals surface area contributed by atoms with E-state index in [1.807, 2.05) is 13.0 Å². The van der Waals surface area contributed by atoms with E-state index < -0.39 is 17.5 Å². The first-order valence-electron chi connectivity index (χ1n) is 10.2. The standard InChI is InChI=1S/C22H23N5O5/c1-14-7-8-15(32-20-19(22(30)31-2)18(28)9-10-23-20)13-26(14)21(29)16-5-3-4-6-17(16)27-24-11-12-25-27/h3-6,9-12,14-15H,7-8,13H2,1-2H3,(H,23,28)/t14-,15-/m1/s1. The zero-order chi connectivity index (χ0) is 22.7. The number of carbonyl (C=O) groups is 2. The number of ether oxygens (including phenoxy) is 2. The maximum atomic E-state index is 13.5. The number of aromatic amines is 1. The number of esters is 1. The minimum atomic E-state index is -0.778. The smallest absolute Gasteiger partial charge is 0.347 e. The van der Waals surface area contributed by atoms with E-state index in [-0.39, 0.29) is 23.4 Å². The fourth-order valence-corrected chi connectivity index (χ4v) is 3.79. The van der Waals surface area contributed by atoms with E-state index >= 15 is 0 Å². The van der Waals surface area contributed by atoms with Crippen LogP contribution in [0.1, 0.15) is 40.5 Å². The van der Waals surface area contributed by atoms with Gasteiger partial charge in [0.1, 0.15) is 6.10 Å². The third kappa shape index (κ3) is 4.11. The first-order valence-corrected chi connectivity index (χ1v) is 10.2. The number of carbonyl (C=O) groups excluding carboxylic acids is 2. The molecule has 0 spiro atoms. The maximum Gasteiger partial charge on any atom is 0.347 e. The summed E-state index contributed by atoms with van der Waals surface area (Å²) in [5, 5.41) is 8.28. The molecular weight excluding hydrogens is 414 g/mol. The fourth-order valence-electron chi connectivity index (χ4n) is 3.79. The number of H-pyrrole nitrogens is 1. The Balaban J connectivity index is 1.58. The van der Waals surface area contributed by atoms with Gasteiger partial charge in [0.05, 0.1) is 37.3 Å². The summed E-state index contributed by atoms with van der Waals surface area (Å²) in [4.78, 5) is 43.6. The van der Waals surface area contributed by atoms with Gasteiger partial charge in [0.15, 0.2) is 11.0 Å². The zero-order valence-electron chi connectivity index (χ0n) is 17.7. The Morgan fingerprint density at radius 2 is 1.88 bits per heavy atom. The molecule has 10 heteroatoms. The van der Waals surface area contributed by atoms with Crippen LogP contribution in [-0.2, 0) is 4.74 Å². The topological polar surface area (TPSA) is 119 Å². The lowest BCUT2D eigenvalue weighted by molar-refractivity contribution is 0.0358. The van der Waals surface area contributed by atoms with E-state index in [4.69, 9.17) is 9.47 Å². The summed E-state index contributed by atoms with van der Waals surface area (Å²) in [5.74, 6) is -0.912. The van der Waals surface area contributed by atoms with Crippen molar-refractivity contribution < 1.29 is 19.1 Å². The van der Waals surface area contributed by atoms with Crippen LogP contribution in [0.4, 0.5) is 0 Å². The second-order valence-corrected chi connectivity index (χ2v) is 7.50. The normalized spacial score (nSPS) is 18.2. The van der Waals surface area contributed by atoms with E-state index in [9.17, 15) is 14.4 Å². The molecule has 0 radical (unpaired) electrons. The number of nitrogens with zero attached hydrogens (tertiary/aromatic N) is 4. The van der Waals surface area contributed by atoms with E-state index in [0.717, 1.165) is 0 Å².